The molecule has 2 N–H and O–H groups in total. The molecule has 1 unspecified atom stereocenters. The number of hydrogen-bond donors (Lipinski definition) is 2. The minimum Gasteiger partial charge on any atom is -0.478 e. The topological polar surface area (TPSA) is 109 Å². The SMILES string of the molecule is COc1nc(-c2cccc(C(C)C(=O)Nc3ncc(C(F)(F)F)s3)c2)cnc1NC(=O)/C=C/CN(C)C. The van der Waals surface area contributed by atoms with Gasteiger partial charge in [-0.05, 0) is 32.6 Å². The zero-order valence-corrected chi connectivity index (χ0v) is 21.3. The Balaban J connectivity index is 1.74. The maximum Gasteiger partial charge on any atom is 0.427 e. The molecule has 0 bridgehead atoms. The van der Waals surface area contributed by atoms with E-state index < -0.39 is 22.9 Å². The van der Waals surface area contributed by atoms with Gasteiger partial charge in [0, 0.05) is 18.2 Å². The Morgan fingerprint density at radius 1 is 1.19 bits per heavy atom. The summed E-state index contributed by atoms with van der Waals surface area (Å²) in [5.74, 6) is -1.33. The predicted molar refractivity (Wildman–Crippen MR) is 135 cm³/mol. The number of anilines is 2. The van der Waals surface area contributed by atoms with E-state index in [1.54, 1.807) is 37.3 Å². The van der Waals surface area contributed by atoms with Crippen LogP contribution in [0.3, 0.4) is 0 Å². The molecule has 0 saturated heterocycles. The van der Waals surface area contributed by atoms with Gasteiger partial charge in [0.05, 0.1) is 31.1 Å². The van der Waals surface area contributed by atoms with Crippen LogP contribution < -0.4 is 15.4 Å². The number of carbonyl (C=O) groups is 2. The third kappa shape index (κ3) is 7.57. The Labute approximate surface area is 215 Å². The van der Waals surface area contributed by atoms with Crippen LogP contribution in [0.1, 0.15) is 23.3 Å². The van der Waals surface area contributed by atoms with Crippen LogP contribution in [0.25, 0.3) is 11.3 Å². The number of nitrogens with one attached hydrogen (secondary N) is 2. The average molecular weight is 535 g/mol. The maximum atomic E-state index is 12.8. The van der Waals surface area contributed by atoms with Crippen molar-refractivity contribution in [2.75, 3.05) is 38.4 Å². The lowest BCUT2D eigenvalue weighted by atomic mass is 9.97. The minimum absolute atomic E-state index is 0.104. The summed E-state index contributed by atoms with van der Waals surface area (Å²) in [6.07, 6.45) is 0.712. The first-order chi connectivity index (χ1) is 17.5. The molecular formula is C24H25F3N6O3S. The maximum absolute atomic E-state index is 12.8. The fourth-order valence-corrected chi connectivity index (χ4v) is 3.75. The van der Waals surface area contributed by atoms with Gasteiger partial charge in [0.25, 0.3) is 5.88 Å². The first-order valence-electron chi connectivity index (χ1n) is 11.0. The molecule has 1 atom stereocenters. The highest BCUT2D eigenvalue weighted by Gasteiger charge is 2.33. The number of benzene rings is 1. The molecule has 3 rings (SSSR count). The predicted octanol–water partition coefficient (Wildman–Crippen LogP) is 4.43. The number of nitrogens with zero attached hydrogens (tertiary/aromatic N) is 4. The lowest BCUT2D eigenvalue weighted by Crippen LogP contribution is -2.18. The van der Waals surface area contributed by atoms with Crippen LogP contribution in [0, 0.1) is 0 Å². The Morgan fingerprint density at radius 2 is 1.95 bits per heavy atom. The molecule has 0 aliphatic carbocycles. The average Bonchev–Trinajstić information content (AvgIpc) is 3.33. The molecule has 0 radical (unpaired) electrons. The van der Waals surface area contributed by atoms with Crippen molar-refractivity contribution in [3.63, 3.8) is 0 Å². The minimum atomic E-state index is -4.52. The first-order valence-corrected chi connectivity index (χ1v) is 11.8. The summed E-state index contributed by atoms with van der Waals surface area (Å²) in [4.78, 5) is 38.1. The van der Waals surface area contributed by atoms with Crippen molar-refractivity contribution in [1.29, 1.82) is 0 Å². The second-order valence-electron chi connectivity index (χ2n) is 8.13. The van der Waals surface area contributed by atoms with Gasteiger partial charge in [-0.15, -0.1) is 0 Å². The molecule has 0 saturated carbocycles. The van der Waals surface area contributed by atoms with Crippen LogP contribution in [-0.4, -0.2) is 59.4 Å². The first kappa shape index (κ1) is 27.7. The van der Waals surface area contributed by atoms with Crippen molar-refractivity contribution >= 4 is 34.1 Å². The summed E-state index contributed by atoms with van der Waals surface area (Å²) >= 11 is 0.359. The zero-order valence-electron chi connectivity index (χ0n) is 20.5. The molecule has 2 aromatic heterocycles. The molecule has 9 nitrogen and oxygen atoms in total. The second-order valence-corrected chi connectivity index (χ2v) is 9.16. The van der Waals surface area contributed by atoms with E-state index in [2.05, 4.69) is 25.6 Å². The number of amides is 2. The van der Waals surface area contributed by atoms with Crippen LogP contribution >= 0.6 is 11.3 Å². The van der Waals surface area contributed by atoms with Crippen molar-refractivity contribution in [3.05, 3.63) is 59.3 Å². The number of rotatable bonds is 9. The molecule has 196 valence electrons. The van der Waals surface area contributed by atoms with Gasteiger partial charge >= 0.3 is 6.18 Å². The number of hydrogen-bond acceptors (Lipinski definition) is 8. The van der Waals surface area contributed by atoms with Gasteiger partial charge in [0.2, 0.25) is 11.8 Å². The van der Waals surface area contributed by atoms with Gasteiger partial charge in [0.15, 0.2) is 10.9 Å². The fourth-order valence-electron chi connectivity index (χ4n) is 3.06. The molecule has 0 fully saturated rings. The van der Waals surface area contributed by atoms with Crippen molar-refractivity contribution in [1.82, 2.24) is 19.9 Å². The number of ether oxygens (including phenoxy) is 1. The molecular weight excluding hydrogens is 509 g/mol. The number of carbonyl (C=O) groups excluding carboxylic acids is 2. The Bertz CT molecular complexity index is 1290. The Hall–Kier alpha value is -3.84. The lowest BCUT2D eigenvalue weighted by molar-refractivity contribution is -0.134. The summed E-state index contributed by atoms with van der Waals surface area (Å²) < 4.78 is 43.7. The summed E-state index contributed by atoms with van der Waals surface area (Å²) in [6, 6.07) is 6.92. The van der Waals surface area contributed by atoms with Crippen molar-refractivity contribution in [3.8, 4) is 17.1 Å². The van der Waals surface area contributed by atoms with Crippen LogP contribution in [0.4, 0.5) is 24.1 Å². The summed E-state index contributed by atoms with van der Waals surface area (Å²) in [5.41, 5.74) is 1.66. The van der Waals surface area contributed by atoms with Crippen molar-refractivity contribution < 1.29 is 27.5 Å². The van der Waals surface area contributed by atoms with E-state index in [-0.39, 0.29) is 22.7 Å². The summed E-state index contributed by atoms with van der Waals surface area (Å²) in [7, 11) is 5.16. The van der Waals surface area contributed by atoms with E-state index >= 15 is 0 Å². The monoisotopic (exact) mass is 534 g/mol. The third-order valence-corrected chi connectivity index (χ3v) is 5.96. The van der Waals surface area contributed by atoms with Gasteiger partial charge in [-0.1, -0.05) is 35.6 Å². The largest absolute Gasteiger partial charge is 0.478 e. The van der Waals surface area contributed by atoms with Crippen LogP contribution in [0.2, 0.25) is 0 Å². The fraction of sp³-hybridized carbons (Fsp3) is 0.292. The second kappa shape index (κ2) is 11.9. The van der Waals surface area contributed by atoms with Gasteiger partial charge in [-0.3, -0.25) is 9.59 Å². The highest BCUT2D eigenvalue weighted by molar-refractivity contribution is 7.15. The summed E-state index contributed by atoms with van der Waals surface area (Å²) in [5, 5.41) is 4.92. The molecule has 0 aliphatic rings. The molecule has 2 heterocycles. The standard InChI is InChI=1S/C24H25F3N6O3S/c1-14(21(35)32-23-29-13-18(37-23)24(25,26)27)15-7-5-8-16(11-15)17-12-28-20(22(30-17)36-4)31-19(34)9-6-10-33(2)3/h5-9,11-14H,10H2,1-4H3,(H,28,31,34)(H,29,32,35)/b9-6+. The quantitative estimate of drug-likeness (QED) is 0.391. The van der Waals surface area contributed by atoms with Crippen LogP contribution in [0.15, 0.2) is 48.8 Å². The van der Waals surface area contributed by atoms with Crippen molar-refractivity contribution in [2.24, 2.45) is 0 Å². The van der Waals surface area contributed by atoms with Crippen LogP contribution in [-0.2, 0) is 15.8 Å². The zero-order chi connectivity index (χ0) is 27.2. The number of halogens is 3. The highest BCUT2D eigenvalue weighted by Crippen LogP contribution is 2.35. The number of likely N-dealkylation sites (N-methyl/N-ethyl adjacent to an activating group) is 1. The molecule has 13 heteroatoms. The van der Waals surface area contributed by atoms with Gasteiger partial charge < -0.3 is 20.3 Å². The molecule has 1 aromatic carbocycles. The molecule has 3 aromatic rings. The third-order valence-electron chi connectivity index (χ3n) is 5.01. The molecule has 37 heavy (non-hydrogen) atoms. The van der Waals surface area contributed by atoms with Crippen LogP contribution in [0.5, 0.6) is 5.88 Å². The molecule has 0 aliphatic heterocycles. The van der Waals surface area contributed by atoms with E-state index in [4.69, 9.17) is 4.74 Å². The molecule has 0 spiro atoms. The Morgan fingerprint density at radius 3 is 2.59 bits per heavy atom. The molecule has 2 amide bonds. The van der Waals surface area contributed by atoms with E-state index in [1.807, 2.05) is 19.0 Å². The summed E-state index contributed by atoms with van der Waals surface area (Å²) in [6.45, 7) is 2.22. The lowest BCUT2D eigenvalue weighted by Gasteiger charge is -2.13. The van der Waals surface area contributed by atoms with Gasteiger partial charge in [-0.25, -0.2) is 15.0 Å². The van der Waals surface area contributed by atoms with E-state index in [0.717, 1.165) is 0 Å². The van der Waals surface area contributed by atoms with Gasteiger partial charge in [-0.2, -0.15) is 13.2 Å². The highest BCUT2D eigenvalue weighted by atomic mass is 32.1. The number of methoxy groups -OCH3 is 1. The van der Waals surface area contributed by atoms with E-state index in [9.17, 15) is 22.8 Å². The Kier molecular flexibility index (Phi) is 8.95. The normalized spacial score (nSPS) is 12.5. The van der Waals surface area contributed by atoms with E-state index in [1.165, 1.54) is 19.4 Å². The number of thiazole rings is 1. The smallest absolute Gasteiger partial charge is 0.427 e. The number of aromatic nitrogens is 3. The van der Waals surface area contributed by atoms with Crippen molar-refractivity contribution in [2.45, 2.75) is 19.0 Å². The van der Waals surface area contributed by atoms with E-state index in [0.29, 0.717) is 40.9 Å². The van der Waals surface area contributed by atoms with Gasteiger partial charge in [0.1, 0.15) is 4.88 Å². The number of alkyl halides is 3.